The van der Waals surface area contributed by atoms with Crippen LogP contribution in [-0.4, -0.2) is 33.0 Å². The summed E-state index contributed by atoms with van der Waals surface area (Å²) in [5, 5.41) is 3.20. The van der Waals surface area contributed by atoms with Crippen LogP contribution < -0.4 is 5.32 Å². The van der Waals surface area contributed by atoms with Crippen molar-refractivity contribution in [2.75, 3.05) is 18.6 Å². The van der Waals surface area contributed by atoms with E-state index >= 15 is 0 Å². The predicted octanol–water partition coefficient (Wildman–Crippen LogP) is 1.76. The summed E-state index contributed by atoms with van der Waals surface area (Å²) < 4.78 is 21.7. The van der Waals surface area contributed by atoms with Crippen LogP contribution in [0.1, 0.15) is 33.6 Å². The zero-order valence-electron chi connectivity index (χ0n) is 10.2. The molecule has 0 fully saturated rings. The number of sulfone groups is 1. The molecule has 0 saturated carbocycles. The summed E-state index contributed by atoms with van der Waals surface area (Å²) in [4.78, 5) is 0. The summed E-state index contributed by atoms with van der Waals surface area (Å²) in [5.74, 6) is 0.222. The van der Waals surface area contributed by atoms with Crippen LogP contribution in [0.4, 0.5) is 0 Å². The van der Waals surface area contributed by atoms with Crippen LogP contribution >= 0.6 is 0 Å². The molecule has 0 heterocycles. The number of hydrogen-bond donors (Lipinski definition) is 1. The maximum absolute atomic E-state index is 10.9. The van der Waals surface area contributed by atoms with Crippen molar-refractivity contribution in [3.05, 3.63) is 11.6 Å². The molecule has 0 aromatic carbocycles. The molecule has 1 N–H and O–H groups in total. The van der Waals surface area contributed by atoms with Gasteiger partial charge in [-0.15, -0.1) is 0 Å². The maximum Gasteiger partial charge on any atom is 0.148 e. The van der Waals surface area contributed by atoms with Gasteiger partial charge in [-0.25, -0.2) is 8.42 Å². The van der Waals surface area contributed by atoms with E-state index in [1.807, 2.05) is 0 Å². The summed E-state index contributed by atoms with van der Waals surface area (Å²) in [7, 11) is -2.83. The first-order valence-electron chi connectivity index (χ1n) is 5.36. The largest absolute Gasteiger partial charge is 0.313 e. The summed E-state index contributed by atoms with van der Waals surface area (Å²) in [6.45, 7) is 6.80. The van der Waals surface area contributed by atoms with Gasteiger partial charge in [0.1, 0.15) is 9.84 Å². The smallest absolute Gasteiger partial charge is 0.148 e. The Bertz CT molecular complexity index is 290. The summed E-state index contributed by atoms with van der Waals surface area (Å²) in [6, 6.07) is 0.377. The molecule has 0 radical (unpaired) electrons. The lowest BCUT2D eigenvalue weighted by Crippen LogP contribution is -2.30. The number of nitrogens with one attached hydrogen (secondary N) is 1. The Hall–Kier alpha value is -0.350. The first-order chi connectivity index (χ1) is 6.81. The fraction of sp³-hybridized carbons (Fsp3) is 0.818. The van der Waals surface area contributed by atoms with E-state index in [1.54, 1.807) is 0 Å². The molecular formula is C11H23NO2S. The van der Waals surface area contributed by atoms with Crippen molar-refractivity contribution >= 4 is 9.84 Å². The fourth-order valence-electron chi connectivity index (χ4n) is 1.21. The van der Waals surface area contributed by atoms with Gasteiger partial charge in [0.05, 0.1) is 5.75 Å². The van der Waals surface area contributed by atoms with E-state index in [4.69, 9.17) is 0 Å². The highest BCUT2D eigenvalue weighted by molar-refractivity contribution is 7.90. The minimum Gasteiger partial charge on any atom is -0.313 e. The molecule has 1 unspecified atom stereocenters. The van der Waals surface area contributed by atoms with Crippen molar-refractivity contribution in [2.24, 2.45) is 0 Å². The van der Waals surface area contributed by atoms with Gasteiger partial charge in [0.15, 0.2) is 0 Å². The molecule has 4 heteroatoms. The highest BCUT2D eigenvalue weighted by atomic mass is 32.2. The topological polar surface area (TPSA) is 46.2 Å². The van der Waals surface area contributed by atoms with Gasteiger partial charge in [0.25, 0.3) is 0 Å². The van der Waals surface area contributed by atoms with E-state index < -0.39 is 9.84 Å². The van der Waals surface area contributed by atoms with E-state index in [9.17, 15) is 8.42 Å². The zero-order valence-corrected chi connectivity index (χ0v) is 11.0. The van der Waals surface area contributed by atoms with Crippen molar-refractivity contribution in [2.45, 2.75) is 39.7 Å². The SMILES string of the molecule is CC(C)=CCCC(C)NCCS(C)(=O)=O. The minimum absolute atomic E-state index is 0.222. The van der Waals surface area contributed by atoms with Crippen LogP contribution in [-0.2, 0) is 9.84 Å². The molecule has 0 rings (SSSR count). The highest BCUT2D eigenvalue weighted by Crippen LogP contribution is 2.00. The maximum atomic E-state index is 10.9. The van der Waals surface area contributed by atoms with Gasteiger partial charge >= 0.3 is 0 Å². The van der Waals surface area contributed by atoms with Crippen LogP contribution in [0.5, 0.6) is 0 Å². The van der Waals surface area contributed by atoms with Crippen molar-refractivity contribution in [1.82, 2.24) is 5.32 Å². The molecule has 0 aromatic rings. The van der Waals surface area contributed by atoms with Crippen LogP contribution in [0.25, 0.3) is 0 Å². The molecule has 3 nitrogen and oxygen atoms in total. The molecule has 90 valence electrons. The van der Waals surface area contributed by atoms with Gasteiger partial charge < -0.3 is 5.32 Å². The lowest BCUT2D eigenvalue weighted by atomic mass is 10.1. The summed E-state index contributed by atoms with van der Waals surface area (Å²) in [6.07, 6.45) is 5.57. The molecule has 0 aliphatic heterocycles. The highest BCUT2D eigenvalue weighted by Gasteiger charge is 2.04. The van der Waals surface area contributed by atoms with E-state index in [-0.39, 0.29) is 5.75 Å². The molecule has 0 spiro atoms. The van der Waals surface area contributed by atoms with E-state index in [2.05, 4.69) is 32.2 Å². The number of allylic oxidation sites excluding steroid dienone is 2. The number of rotatable bonds is 7. The standard InChI is InChI=1S/C11H23NO2S/c1-10(2)6-5-7-11(3)12-8-9-15(4,13)14/h6,11-12H,5,7-9H2,1-4H3. The van der Waals surface area contributed by atoms with E-state index in [1.165, 1.54) is 11.8 Å². The Kier molecular flexibility index (Phi) is 6.85. The van der Waals surface area contributed by atoms with E-state index in [0.717, 1.165) is 12.8 Å². The Morgan fingerprint density at radius 2 is 2.00 bits per heavy atom. The second-order valence-electron chi connectivity index (χ2n) is 4.34. The molecule has 0 aliphatic carbocycles. The molecule has 0 aromatic heterocycles. The molecule has 0 bridgehead atoms. The van der Waals surface area contributed by atoms with Crippen LogP contribution in [0.3, 0.4) is 0 Å². The van der Waals surface area contributed by atoms with Crippen molar-refractivity contribution in [3.8, 4) is 0 Å². The van der Waals surface area contributed by atoms with E-state index in [0.29, 0.717) is 12.6 Å². The molecule has 0 aliphatic rings. The zero-order chi connectivity index (χ0) is 11.9. The molecule has 0 saturated heterocycles. The van der Waals surface area contributed by atoms with Crippen molar-refractivity contribution in [3.63, 3.8) is 0 Å². The van der Waals surface area contributed by atoms with Gasteiger partial charge in [-0.2, -0.15) is 0 Å². The molecule has 15 heavy (non-hydrogen) atoms. The quantitative estimate of drug-likeness (QED) is 0.682. The lowest BCUT2D eigenvalue weighted by Gasteiger charge is -2.11. The molecular weight excluding hydrogens is 210 g/mol. The third-order valence-electron chi connectivity index (χ3n) is 2.12. The first-order valence-corrected chi connectivity index (χ1v) is 7.42. The van der Waals surface area contributed by atoms with Gasteiger partial charge in [-0.3, -0.25) is 0 Å². The van der Waals surface area contributed by atoms with Crippen molar-refractivity contribution in [1.29, 1.82) is 0 Å². The predicted molar refractivity (Wildman–Crippen MR) is 65.8 cm³/mol. The fourth-order valence-corrected chi connectivity index (χ4v) is 1.70. The normalized spacial score (nSPS) is 13.6. The average molecular weight is 233 g/mol. The Morgan fingerprint density at radius 1 is 1.40 bits per heavy atom. The van der Waals surface area contributed by atoms with Gasteiger partial charge in [-0.1, -0.05) is 11.6 Å². The first kappa shape index (κ1) is 14.6. The summed E-state index contributed by atoms with van der Waals surface area (Å²) >= 11 is 0. The van der Waals surface area contributed by atoms with Gasteiger partial charge in [0, 0.05) is 18.8 Å². The third kappa shape index (κ3) is 11.6. The van der Waals surface area contributed by atoms with Gasteiger partial charge in [-0.05, 0) is 33.6 Å². The average Bonchev–Trinajstić information content (AvgIpc) is 2.00. The Balaban J connectivity index is 3.58. The number of hydrogen-bond acceptors (Lipinski definition) is 3. The van der Waals surface area contributed by atoms with Gasteiger partial charge in [0.2, 0.25) is 0 Å². The van der Waals surface area contributed by atoms with Crippen LogP contribution in [0.15, 0.2) is 11.6 Å². The van der Waals surface area contributed by atoms with Crippen LogP contribution in [0, 0.1) is 0 Å². The Labute approximate surface area is 93.9 Å². The van der Waals surface area contributed by atoms with Crippen molar-refractivity contribution < 1.29 is 8.42 Å². The second-order valence-corrected chi connectivity index (χ2v) is 6.60. The molecule has 0 amide bonds. The molecule has 1 atom stereocenters. The van der Waals surface area contributed by atoms with Crippen LogP contribution in [0.2, 0.25) is 0 Å². The Morgan fingerprint density at radius 3 is 2.47 bits per heavy atom. The monoisotopic (exact) mass is 233 g/mol. The minimum atomic E-state index is -2.83. The lowest BCUT2D eigenvalue weighted by molar-refractivity contribution is 0.530. The second kappa shape index (κ2) is 7.01. The third-order valence-corrected chi connectivity index (χ3v) is 3.06. The summed E-state index contributed by atoms with van der Waals surface area (Å²) in [5.41, 5.74) is 1.33.